The Morgan fingerprint density at radius 3 is 2.10 bits per heavy atom. The van der Waals surface area contributed by atoms with Crippen molar-refractivity contribution < 1.29 is 14.4 Å². The van der Waals surface area contributed by atoms with Crippen LogP contribution < -0.4 is 10.6 Å². The van der Waals surface area contributed by atoms with Gasteiger partial charge in [0.1, 0.15) is 0 Å². The van der Waals surface area contributed by atoms with E-state index in [1.54, 1.807) is 24.3 Å². The van der Waals surface area contributed by atoms with Gasteiger partial charge in [-0.15, -0.1) is 0 Å². The van der Waals surface area contributed by atoms with E-state index in [1.807, 2.05) is 29.2 Å². The summed E-state index contributed by atoms with van der Waals surface area (Å²) in [7, 11) is 0. The zero-order valence-electron chi connectivity index (χ0n) is 17.3. The molecule has 3 amide bonds. The number of rotatable bonds is 9. The van der Waals surface area contributed by atoms with Crippen LogP contribution in [0.3, 0.4) is 0 Å². The molecule has 0 aliphatic heterocycles. The molecule has 2 aliphatic carbocycles. The summed E-state index contributed by atoms with van der Waals surface area (Å²) in [5.74, 6) is -0.238. The Kier molecular flexibility index (Phi) is 6.56. The van der Waals surface area contributed by atoms with Crippen LogP contribution in [0.5, 0.6) is 0 Å². The third-order valence-electron chi connectivity index (χ3n) is 5.52. The molecule has 2 fully saturated rings. The Hall–Kier alpha value is -2.86. The van der Waals surface area contributed by atoms with Crippen molar-refractivity contribution in [3.05, 3.63) is 70.2 Å². The summed E-state index contributed by atoms with van der Waals surface area (Å²) < 4.78 is 0. The highest BCUT2D eigenvalue weighted by molar-refractivity contribution is 6.30. The van der Waals surface area contributed by atoms with Crippen molar-refractivity contribution in [1.82, 2.24) is 15.5 Å². The molecular formula is C24H26ClN3O3. The number of hydrogen-bond acceptors (Lipinski definition) is 3. The summed E-state index contributed by atoms with van der Waals surface area (Å²) >= 11 is 5.84. The number of hydrogen-bond donors (Lipinski definition) is 2. The Morgan fingerprint density at radius 2 is 1.48 bits per heavy atom. The van der Waals surface area contributed by atoms with Crippen LogP contribution in [0, 0.1) is 0 Å². The van der Waals surface area contributed by atoms with Gasteiger partial charge in [-0.2, -0.15) is 0 Å². The van der Waals surface area contributed by atoms with Crippen LogP contribution in [0.1, 0.15) is 58.4 Å². The van der Waals surface area contributed by atoms with Gasteiger partial charge in [0.15, 0.2) is 0 Å². The van der Waals surface area contributed by atoms with Crippen molar-refractivity contribution in [3.63, 3.8) is 0 Å². The Balaban J connectivity index is 1.28. The van der Waals surface area contributed by atoms with Crippen LogP contribution in [0.4, 0.5) is 0 Å². The fourth-order valence-electron chi connectivity index (χ4n) is 3.39. The Bertz CT molecular complexity index is 951. The number of carbonyl (C=O) groups is 3. The first-order chi connectivity index (χ1) is 15.0. The third-order valence-corrected chi connectivity index (χ3v) is 5.77. The lowest BCUT2D eigenvalue weighted by Gasteiger charge is -2.23. The van der Waals surface area contributed by atoms with E-state index in [2.05, 4.69) is 10.6 Å². The molecule has 2 aliphatic rings. The van der Waals surface area contributed by atoms with Gasteiger partial charge in [0.05, 0.1) is 0 Å². The summed E-state index contributed by atoms with van der Waals surface area (Å²) in [6.45, 7) is 0.795. The molecule has 31 heavy (non-hydrogen) atoms. The SMILES string of the molecule is O=C(NCCC(=O)N(Cc1ccc(C(=O)NC2CC2)cc1)C1CC1)c1ccc(Cl)cc1. The van der Waals surface area contributed by atoms with E-state index in [-0.39, 0.29) is 36.7 Å². The van der Waals surface area contributed by atoms with Gasteiger partial charge in [0.2, 0.25) is 5.91 Å². The normalized spacial score (nSPS) is 15.3. The van der Waals surface area contributed by atoms with E-state index >= 15 is 0 Å². The molecule has 4 rings (SSSR count). The van der Waals surface area contributed by atoms with Gasteiger partial charge in [-0.1, -0.05) is 23.7 Å². The van der Waals surface area contributed by atoms with Crippen LogP contribution in [0.25, 0.3) is 0 Å². The molecule has 0 heterocycles. The van der Waals surface area contributed by atoms with Crippen molar-refractivity contribution >= 4 is 29.3 Å². The molecule has 2 aromatic rings. The van der Waals surface area contributed by atoms with Crippen molar-refractivity contribution in [3.8, 4) is 0 Å². The average Bonchev–Trinajstić information content (AvgIpc) is 3.68. The molecule has 0 saturated heterocycles. The minimum absolute atomic E-state index is 0.0226. The molecule has 2 N–H and O–H groups in total. The molecule has 162 valence electrons. The molecule has 0 bridgehead atoms. The van der Waals surface area contributed by atoms with E-state index in [4.69, 9.17) is 11.6 Å². The summed E-state index contributed by atoms with van der Waals surface area (Å²) in [6, 6.07) is 14.7. The predicted octanol–water partition coefficient (Wildman–Crippen LogP) is 3.54. The molecule has 0 atom stereocenters. The quantitative estimate of drug-likeness (QED) is 0.627. The predicted molar refractivity (Wildman–Crippen MR) is 119 cm³/mol. The lowest BCUT2D eigenvalue weighted by Crippen LogP contribution is -2.35. The number of nitrogens with zero attached hydrogens (tertiary/aromatic N) is 1. The molecule has 2 aromatic carbocycles. The van der Waals surface area contributed by atoms with Crippen LogP contribution in [0.15, 0.2) is 48.5 Å². The van der Waals surface area contributed by atoms with Crippen LogP contribution in [-0.2, 0) is 11.3 Å². The highest BCUT2D eigenvalue weighted by atomic mass is 35.5. The molecule has 7 heteroatoms. The van der Waals surface area contributed by atoms with Crippen molar-refractivity contribution in [2.45, 2.75) is 50.7 Å². The van der Waals surface area contributed by atoms with E-state index in [0.717, 1.165) is 31.2 Å². The standard InChI is InChI=1S/C24H26ClN3O3/c25-19-7-5-17(6-8-19)23(30)26-14-13-22(29)28(21-11-12-21)15-16-1-3-18(4-2-16)24(31)27-20-9-10-20/h1-8,20-21H,9-15H2,(H,26,30)(H,27,31). The topological polar surface area (TPSA) is 78.5 Å². The average molecular weight is 440 g/mol. The number of carbonyl (C=O) groups excluding carboxylic acids is 3. The van der Waals surface area contributed by atoms with Crippen LogP contribution >= 0.6 is 11.6 Å². The molecule has 6 nitrogen and oxygen atoms in total. The maximum atomic E-state index is 12.8. The number of nitrogens with one attached hydrogen (secondary N) is 2. The van der Waals surface area contributed by atoms with Gasteiger partial charge in [-0.3, -0.25) is 14.4 Å². The number of halogens is 1. The van der Waals surface area contributed by atoms with E-state index in [0.29, 0.717) is 28.7 Å². The molecule has 0 radical (unpaired) electrons. The summed E-state index contributed by atoms with van der Waals surface area (Å²) in [5, 5.41) is 6.35. The maximum Gasteiger partial charge on any atom is 0.251 e. The molecule has 0 aromatic heterocycles. The summed E-state index contributed by atoms with van der Waals surface area (Å²) in [4.78, 5) is 39.0. The Labute approximate surface area is 187 Å². The van der Waals surface area contributed by atoms with E-state index in [9.17, 15) is 14.4 Å². The molecule has 0 unspecified atom stereocenters. The minimum Gasteiger partial charge on any atom is -0.352 e. The van der Waals surface area contributed by atoms with Gasteiger partial charge in [0.25, 0.3) is 11.8 Å². The van der Waals surface area contributed by atoms with E-state index in [1.165, 1.54) is 0 Å². The summed E-state index contributed by atoms with van der Waals surface area (Å²) in [5.41, 5.74) is 2.15. The fraction of sp³-hybridized carbons (Fsp3) is 0.375. The zero-order chi connectivity index (χ0) is 21.8. The van der Waals surface area contributed by atoms with Crippen LogP contribution in [-0.4, -0.2) is 41.2 Å². The summed E-state index contributed by atoms with van der Waals surface area (Å²) in [6.07, 6.45) is 4.37. The largest absolute Gasteiger partial charge is 0.352 e. The lowest BCUT2D eigenvalue weighted by molar-refractivity contribution is -0.132. The molecule has 0 spiro atoms. The first-order valence-corrected chi connectivity index (χ1v) is 11.1. The number of amides is 3. The van der Waals surface area contributed by atoms with Gasteiger partial charge in [-0.05, 0) is 67.6 Å². The maximum absolute atomic E-state index is 12.8. The number of benzene rings is 2. The second-order valence-corrected chi connectivity index (χ2v) is 8.65. The van der Waals surface area contributed by atoms with Crippen LogP contribution in [0.2, 0.25) is 5.02 Å². The van der Waals surface area contributed by atoms with Gasteiger partial charge in [-0.25, -0.2) is 0 Å². The minimum atomic E-state index is -0.220. The zero-order valence-corrected chi connectivity index (χ0v) is 18.0. The smallest absolute Gasteiger partial charge is 0.251 e. The molecular weight excluding hydrogens is 414 g/mol. The van der Waals surface area contributed by atoms with Crippen molar-refractivity contribution in [2.75, 3.05) is 6.54 Å². The third kappa shape index (κ3) is 6.07. The molecule has 2 saturated carbocycles. The monoisotopic (exact) mass is 439 g/mol. The van der Waals surface area contributed by atoms with E-state index < -0.39 is 0 Å². The van der Waals surface area contributed by atoms with Gasteiger partial charge < -0.3 is 15.5 Å². The van der Waals surface area contributed by atoms with Crippen molar-refractivity contribution in [1.29, 1.82) is 0 Å². The van der Waals surface area contributed by atoms with Gasteiger partial charge in [0, 0.05) is 47.7 Å². The first kappa shape index (κ1) is 21.4. The Morgan fingerprint density at radius 1 is 0.871 bits per heavy atom. The first-order valence-electron chi connectivity index (χ1n) is 10.7. The fourth-order valence-corrected chi connectivity index (χ4v) is 3.52. The lowest BCUT2D eigenvalue weighted by atomic mass is 10.1. The van der Waals surface area contributed by atoms with Crippen molar-refractivity contribution in [2.24, 2.45) is 0 Å². The highest BCUT2D eigenvalue weighted by Gasteiger charge is 2.32. The second-order valence-electron chi connectivity index (χ2n) is 8.21. The van der Waals surface area contributed by atoms with Gasteiger partial charge >= 0.3 is 0 Å². The second kappa shape index (κ2) is 9.52. The highest BCUT2D eigenvalue weighted by Crippen LogP contribution is 2.29.